The van der Waals surface area contributed by atoms with Crippen molar-refractivity contribution in [1.82, 2.24) is 9.29 Å². The first-order valence-corrected chi connectivity index (χ1v) is 7.59. The Morgan fingerprint density at radius 3 is 2.56 bits per heavy atom. The van der Waals surface area contributed by atoms with Crippen molar-refractivity contribution in [3.05, 3.63) is 18.3 Å². The number of hydrogen-bond donors (Lipinski definition) is 1. The van der Waals surface area contributed by atoms with Crippen LogP contribution in [0.25, 0.3) is 0 Å². The first-order valence-electron chi connectivity index (χ1n) is 6.15. The number of hydrogen-bond acceptors (Lipinski definition) is 4. The molecule has 0 aliphatic heterocycles. The predicted molar refractivity (Wildman–Crippen MR) is 73.1 cm³/mol. The van der Waals surface area contributed by atoms with Crippen molar-refractivity contribution in [3.63, 3.8) is 0 Å². The average molecular weight is 271 g/mol. The van der Waals surface area contributed by atoms with Crippen molar-refractivity contribution in [3.8, 4) is 0 Å². The molecule has 1 rings (SSSR count). The molecule has 1 aromatic rings. The van der Waals surface area contributed by atoms with Crippen molar-refractivity contribution in [2.24, 2.45) is 0 Å². The van der Waals surface area contributed by atoms with E-state index in [1.807, 2.05) is 27.7 Å². The van der Waals surface area contributed by atoms with Gasteiger partial charge in [-0.1, -0.05) is 6.92 Å². The Morgan fingerprint density at radius 2 is 2.06 bits per heavy atom. The first kappa shape index (κ1) is 14.9. The number of nitrogens with zero attached hydrogens (tertiary/aromatic N) is 2. The zero-order valence-corrected chi connectivity index (χ0v) is 12.2. The third kappa shape index (κ3) is 3.00. The molecule has 18 heavy (non-hydrogen) atoms. The van der Waals surface area contributed by atoms with E-state index in [1.54, 1.807) is 18.3 Å². The summed E-state index contributed by atoms with van der Waals surface area (Å²) in [6, 6.07) is 3.16. The fourth-order valence-corrected chi connectivity index (χ4v) is 3.61. The van der Waals surface area contributed by atoms with Gasteiger partial charge in [-0.15, -0.1) is 0 Å². The van der Waals surface area contributed by atoms with E-state index in [4.69, 9.17) is 0 Å². The molecule has 0 bridgehead atoms. The lowest BCUT2D eigenvalue weighted by atomic mass is 10.4. The Morgan fingerprint density at radius 1 is 1.39 bits per heavy atom. The summed E-state index contributed by atoms with van der Waals surface area (Å²) in [6.07, 6.45) is 1.59. The van der Waals surface area contributed by atoms with Crippen molar-refractivity contribution >= 4 is 15.8 Å². The lowest BCUT2D eigenvalue weighted by Gasteiger charge is -2.25. The number of anilines is 1. The highest BCUT2D eigenvalue weighted by atomic mass is 32.2. The van der Waals surface area contributed by atoms with Gasteiger partial charge >= 0.3 is 0 Å². The quantitative estimate of drug-likeness (QED) is 0.859. The third-order valence-corrected chi connectivity index (χ3v) is 4.77. The lowest BCUT2D eigenvalue weighted by Crippen LogP contribution is -2.37. The Kier molecular flexibility index (Phi) is 5.10. The molecule has 0 amide bonds. The second kappa shape index (κ2) is 6.15. The highest BCUT2D eigenvalue weighted by Gasteiger charge is 2.28. The monoisotopic (exact) mass is 271 g/mol. The first-order chi connectivity index (χ1) is 8.45. The smallest absolute Gasteiger partial charge is 0.246 e. The van der Waals surface area contributed by atoms with E-state index in [2.05, 4.69) is 10.3 Å². The van der Waals surface area contributed by atoms with Crippen LogP contribution in [0, 0.1) is 0 Å². The molecule has 6 heteroatoms. The van der Waals surface area contributed by atoms with Crippen molar-refractivity contribution < 1.29 is 8.42 Å². The fraction of sp³-hybridized carbons (Fsp3) is 0.583. The van der Waals surface area contributed by atoms with Gasteiger partial charge in [-0.2, -0.15) is 4.31 Å². The Balaban J connectivity index is 3.27. The summed E-state index contributed by atoms with van der Waals surface area (Å²) in [4.78, 5) is 4.33. The molecule has 0 spiro atoms. The van der Waals surface area contributed by atoms with Gasteiger partial charge in [-0.3, -0.25) is 0 Å². The lowest BCUT2D eigenvalue weighted by molar-refractivity contribution is 0.369. The Hall–Kier alpha value is -1.14. The molecule has 0 aliphatic carbocycles. The van der Waals surface area contributed by atoms with Gasteiger partial charge in [-0.25, -0.2) is 13.4 Å². The molecule has 0 atom stereocenters. The molecule has 0 fully saturated rings. The highest BCUT2D eigenvalue weighted by Crippen LogP contribution is 2.23. The maximum absolute atomic E-state index is 12.5. The van der Waals surface area contributed by atoms with Crippen molar-refractivity contribution in [1.29, 1.82) is 0 Å². The summed E-state index contributed by atoms with van der Waals surface area (Å²) < 4.78 is 26.6. The summed E-state index contributed by atoms with van der Waals surface area (Å²) in [5.74, 6) is 0.416. The van der Waals surface area contributed by atoms with Crippen molar-refractivity contribution in [2.45, 2.75) is 38.6 Å². The molecule has 0 radical (unpaired) electrons. The molecule has 1 N–H and O–H groups in total. The summed E-state index contributed by atoms with van der Waals surface area (Å²) in [6.45, 7) is 8.55. The second-order valence-electron chi connectivity index (χ2n) is 4.18. The number of rotatable bonds is 6. The van der Waals surface area contributed by atoms with E-state index in [-0.39, 0.29) is 10.9 Å². The van der Waals surface area contributed by atoms with Crippen LogP contribution in [0.5, 0.6) is 0 Å². The minimum absolute atomic E-state index is 0.0744. The molecule has 102 valence electrons. The molecular weight excluding hydrogens is 250 g/mol. The SMILES string of the molecule is CCNc1ncccc1S(=O)(=O)N(CC)C(C)C. The largest absolute Gasteiger partial charge is 0.369 e. The van der Waals surface area contributed by atoms with E-state index >= 15 is 0 Å². The van der Waals surface area contributed by atoms with Gasteiger partial charge < -0.3 is 5.32 Å². The maximum atomic E-state index is 12.5. The van der Waals surface area contributed by atoms with Crippen LogP contribution in [0.2, 0.25) is 0 Å². The molecule has 1 heterocycles. The molecule has 0 aromatic carbocycles. The molecule has 5 nitrogen and oxygen atoms in total. The van der Waals surface area contributed by atoms with E-state index in [1.165, 1.54) is 4.31 Å². The standard InChI is InChI=1S/C12H21N3O2S/c1-5-13-12-11(8-7-9-14-12)18(16,17)15(6-2)10(3)4/h7-10H,5-6H2,1-4H3,(H,13,14). The molecule has 1 aromatic heterocycles. The Bertz CT molecular complexity index is 486. The van der Waals surface area contributed by atoms with Gasteiger partial charge in [0.2, 0.25) is 10.0 Å². The second-order valence-corrected chi connectivity index (χ2v) is 6.04. The molecule has 0 saturated heterocycles. The van der Waals surface area contributed by atoms with Gasteiger partial charge in [0.25, 0.3) is 0 Å². The average Bonchev–Trinajstić information content (AvgIpc) is 2.30. The molecular formula is C12H21N3O2S. The van der Waals surface area contributed by atoms with Crippen LogP contribution in [-0.4, -0.2) is 36.8 Å². The number of sulfonamides is 1. The van der Waals surface area contributed by atoms with Crippen LogP contribution in [0.1, 0.15) is 27.7 Å². The normalized spacial score (nSPS) is 12.1. The van der Waals surface area contributed by atoms with E-state index < -0.39 is 10.0 Å². The summed E-state index contributed by atoms with van der Waals surface area (Å²) >= 11 is 0. The minimum atomic E-state index is -3.49. The highest BCUT2D eigenvalue weighted by molar-refractivity contribution is 7.89. The van der Waals surface area contributed by atoms with Gasteiger partial charge in [0.1, 0.15) is 10.7 Å². The van der Waals surface area contributed by atoms with Crippen LogP contribution in [0.3, 0.4) is 0 Å². The van der Waals surface area contributed by atoms with Crippen LogP contribution in [0.15, 0.2) is 23.2 Å². The van der Waals surface area contributed by atoms with Gasteiger partial charge in [0, 0.05) is 25.3 Å². The van der Waals surface area contributed by atoms with Crippen LogP contribution in [-0.2, 0) is 10.0 Å². The van der Waals surface area contributed by atoms with Gasteiger partial charge in [-0.05, 0) is 32.9 Å². The predicted octanol–water partition coefficient (Wildman–Crippen LogP) is 1.93. The maximum Gasteiger partial charge on any atom is 0.246 e. The number of aromatic nitrogens is 1. The van der Waals surface area contributed by atoms with Gasteiger partial charge in [0.15, 0.2) is 0 Å². The summed E-state index contributed by atoms with van der Waals surface area (Å²) in [7, 11) is -3.49. The summed E-state index contributed by atoms with van der Waals surface area (Å²) in [5.41, 5.74) is 0. The Labute approximate surface area is 109 Å². The topological polar surface area (TPSA) is 62.3 Å². The van der Waals surface area contributed by atoms with Crippen molar-refractivity contribution in [2.75, 3.05) is 18.4 Å². The van der Waals surface area contributed by atoms with Crippen LogP contribution in [0.4, 0.5) is 5.82 Å². The van der Waals surface area contributed by atoms with Gasteiger partial charge in [0.05, 0.1) is 0 Å². The zero-order chi connectivity index (χ0) is 13.8. The molecule has 0 saturated carbocycles. The molecule has 0 unspecified atom stereocenters. The number of pyridine rings is 1. The van der Waals surface area contributed by atoms with Crippen LogP contribution < -0.4 is 5.32 Å². The minimum Gasteiger partial charge on any atom is -0.369 e. The van der Waals surface area contributed by atoms with E-state index in [0.717, 1.165) is 0 Å². The summed E-state index contributed by atoms with van der Waals surface area (Å²) in [5, 5.41) is 2.98. The fourth-order valence-electron chi connectivity index (χ4n) is 1.84. The van der Waals surface area contributed by atoms with E-state index in [9.17, 15) is 8.42 Å². The zero-order valence-electron chi connectivity index (χ0n) is 11.3. The van der Waals surface area contributed by atoms with E-state index in [0.29, 0.717) is 18.9 Å². The van der Waals surface area contributed by atoms with Crippen LogP contribution >= 0.6 is 0 Å². The number of nitrogens with one attached hydrogen (secondary N) is 1. The molecule has 0 aliphatic rings. The third-order valence-electron chi connectivity index (χ3n) is 2.59.